The predicted octanol–water partition coefficient (Wildman–Crippen LogP) is 1.45. The molecule has 4 nitrogen and oxygen atoms in total. The minimum Gasteiger partial charge on any atom is -0.493 e. The topological polar surface area (TPSA) is 41.7 Å². The van der Waals surface area contributed by atoms with E-state index in [0.717, 1.165) is 45.1 Å². The number of nitrogens with two attached hydrogens (primary N) is 1. The van der Waals surface area contributed by atoms with Crippen molar-refractivity contribution in [1.82, 2.24) is 9.80 Å². The lowest BCUT2D eigenvalue weighted by Crippen LogP contribution is -2.53. The maximum atomic E-state index is 5.77. The molecule has 2 heterocycles. The average Bonchev–Trinajstić information content (AvgIpc) is 2.91. The highest BCUT2D eigenvalue weighted by atomic mass is 32.1. The molecular formula is C16H23N3OS. The molecule has 2 unspecified atom stereocenters. The van der Waals surface area contributed by atoms with Crippen LogP contribution in [0.1, 0.15) is 18.4 Å². The molecular weight excluding hydrogens is 282 g/mol. The standard InChI is InChI=1S/C16H23N3OS/c1-12(16(17)21)19-8-6-18(7-9-19)10-13-11-20-15-5-3-2-4-14(13)15/h2-5,12-13H,6-11H2,1H3,(H2,17,21). The lowest BCUT2D eigenvalue weighted by atomic mass is 10.0. The fraction of sp³-hybridized carbons (Fsp3) is 0.562. The Morgan fingerprint density at radius 2 is 2.05 bits per heavy atom. The van der Waals surface area contributed by atoms with Gasteiger partial charge >= 0.3 is 0 Å². The van der Waals surface area contributed by atoms with Crippen LogP contribution in [0.5, 0.6) is 5.75 Å². The van der Waals surface area contributed by atoms with Gasteiger partial charge in [0.05, 0.1) is 17.6 Å². The Hall–Kier alpha value is -1.17. The molecule has 114 valence electrons. The molecule has 2 atom stereocenters. The van der Waals surface area contributed by atoms with Gasteiger partial charge in [0.25, 0.3) is 0 Å². The SMILES string of the molecule is CC(C(N)=S)N1CCN(CC2COc3ccccc32)CC1. The first-order valence-corrected chi connectivity index (χ1v) is 8.03. The number of ether oxygens (including phenoxy) is 1. The van der Waals surface area contributed by atoms with E-state index in [9.17, 15) is 0 Å². The summed E-state index contributed by atoms with van der Waals surface area (Å²) in [5, 5.41) is 0. The zero-order chi connectivity index (χ0) is 14.8. The van der Waals surface area contributed by atoms with Crippen molar-refractivity contribution in [3.8, 4) is 5.75 Å². The Morgan fingerprint density at radius 1 is 1.33 bits per heavy atom. The molecule has 2 N–H and O–H groups in total. The molecule has 2 aliphatic rings. The van der Waals surface area contributed by atoms with E-state index >= 15 is 0 Å². The Labute approximate surface area is 131 Å². The van der Waals surface area contributed by atoms with Gasteiger partial charge < -0.3 is 15.4 Å². The van der Waals surface area contributed by atoms with Crippen molar-refractivity contribution in [2.45, 2.75) is 18.9 Å². The van der Waals surface area contributed by atoms with Gasteiger partial charge in [-0.25, -0.2) is 0 Å². The first-order chi connectivity index (χ1) is 10.1. The van der Waals surface area contributed by atoms with Gasteiger partial charge in [-0.2, -0.15) is 0 Å². The molecule has 0 saturated carbocycles. The van der Waals surface area contributed by atoms with Crippen molar-refractivity contribution in [2.24, 2.45) is 5.73 Å². The quantitative estimate of drug-likeness (QED) is 0.853. The second kappa shape index (κ2) is 6.30. The number of rotatable bonds is 4. The number of hydrogen-bond donors (Lipinski definition) is 1. The second-order valence-corrected chi connectivity index (χ2v) is 6.43. The molecule has 3 rings (SSSR count). The van der Waals surface area contributed by atoms with Gasteiger partial charge in [-0.3, -0.25) is 4.90 Å². The number of piperazine rings is 1. The van der Waals surface area contributed by atoms with Crippen LogP contribution in [-0.2, 0) is 0 Å². The van der Waals surface area contributed by atoms with Gasteiger partial charge in [0.1, 0.15) is 5.75 Å². The third-order valence-electron chi connectivity index (χ3n) is 4.64. The summed E-state index contributed by atoms with van der Waals surface area (Å²) in [6.07, 6.45) is 0. The van der Waals surface area contributed by atoms with E-state index in [1.54, 1.807) is 0 Å². The van der Waals surface area contributed by atoms with Gasteiger partial charge in [-0.05, 0) is 13.0 Å². The van der Waals surface area contributed by atoms with Crippen LogP contribution in [-0.4, -0.2) is 60.2 Å². The summed E-state index contributed by atoms with van der Waals surface area (Å²) in [4.78, 5) is 5.50. The van der Waals surface area contributed by atoms with E-state index in [4.69, 9.17) is 22.7 Å². The summed E-state index contributed by atoms with van der Waals surface area (Å²) in [7, 11) is 0. The maximum Gasteiger partial charge on any atom is 0.122 e. The second-order valence-electron chi connectivity index (χ2n) is 5.96. The molecule has 0 aromatic heterocycles. The van der Waals surface area contributed by atoms with Gasteiger partial charge in [0.15, 0.2) is 0 Å². The first-order valence-electron chi connectivity index (χ1n) is 7.62. The van der Waals surface area contributed by atoms with E-state index in [2.05, 4.69) is 34.9 Å². The number of hydrogen-bond acceptors (Lipinski definition) is 4. The molecule has 1 fully saturated rings. The van der Waals surface area contributed by atoms with Crippen LogP contribution in [0.2, 0.25) is 0 Å². The van der Waals surface area contributed by atoms with Crippen molar-refractivity contribution in [1.29, 1.82) is 0 Å². The van der Waals surface area contributed by atoms with E-state index in [1.807, 2.05) is 6.07 Å². The number of benzene rings is 1. The molecule has 0 spiro atoms. The molecule has 0 radical (unpaired) electrons. The summed E-state index contributed by atoms with van der Waals surface area (Å²) in [5.41, 5.74) is 7.10. The zero-order valence-corrected chi connectivity index (χ0v) is 13.3. The Bertz CT molecular complexity index is 514. The van der Waals surface area contributed by atoms with E-state index in [1.165, 1.54) is 5.56 Å². The lowest BCUT2D eigenvalue weighted by molar-refractivity contribution is 0.114. The highest BCUT2D eigenvalue weighted by Crippen LogP contribution is 2.34. The Kier molecular flexibility index (Phi) is 4.42. The molecule has 5 heteroatoms. The van der Waals surface area contributed by atoms with Crippen molar-refractivity contribution in [3.05, 3.63) is 29.8 Å². The maximum absolute atomic E-state index is 5.77. The van der Waals surface area contributed by atoms with Crippen LogP contribution in [0.25, 0.3) is 0 Å². The average molecular weight is 305 g/mol. The first kappa shape index (κ1) is 14.8. The van der Waals surface area contributed by atoms with Gasteiger partial charge in [-0.15, -0.1) is 0 Å². The fourth-order valence-electron chi connectivity index (χ4n) is 3.21. The monoisotopic (exact) mass is 305 g/mol. The molecule has 21 heavy (non-hydrogen) atoms. The summed E-state index contributed by atoms with van der Waals surface area (Å²) in [6, 6.07) is 8.60. The van der Waals surface area contributed by atoms with Crippen molar-refractivity contribution in [2.75, 3.05) is 39.3 Å². The van der Waals surface area contributed by atoms with Crippen molar-refractivity contribution < 1.29 is 4.74 Å². The molecule has 1 aromatic carbocycles. The number of para-hydroxylation sites is 1. The largest absolute Gasteiger partial charge is 0.493 e. The molecule has 1 saturated heterocycles. The van der Waals surface area contributed by atoms with Crippen molar-refractivity contribution in [3.63, 3.8) is 0 Å². The van der Waals surface area contributed by atoms with Crippen LogP contribution in [0, 0.1) is 0 Å². The zero-order valence-electron chi connectivity index (χ0n) is 12.5. The normalized spacial score (nSPS) is 24.3. The van der Waals surface area contributed by atoms with Crippen molar-refractivity contribution >= 4 is 17.2 Å². The summed E-state index contributed by atoms with van der Waals surface area (Å²) in [5.74, 6) is 1.56. The molecule has 0 amide bonds. The summed E-state index contributed by atoms with van der Waals surface area (Å²) >= 11 is 5.09. The summed E-state index contributed by atoms with van der Waals surface area (Å²) in [6.45, 7) is 8.20. The Morgan fingerprint density at radius 3 is 2.76 bits per heavy atom. The molecule has 1 aromatic rings. The molecule has 2 aliphatic heterocycles. The number of nitrogens with zero attached hydrogens (tertiary/aromatic N) is 2. The van der Waals surface area contributed by atoms with Gasteiger partial charge in [-0.1, -0.05) is 30.4 Å². The third kappa shape index (κ3) is 3.20. The highest BCUT2D eigenvalue weighted by Gasteiger charge is 2.28. The van der Waals surface area contributed by atoms with Gasteiger partial charge in [0.2, 0.25) is 0 Å². The number of fused-ring (bicyclic) bond motifs is 1. The summed E-state index contributed by atoms with van der Waals surface area (Å²) < 4.78 is 5.77. The van der Waals surface area contributed by atoms with Crippen LogP contribution in [0.3, 0.4) is 0 Å². The highest BCUT2D eigenvalue weighted by molar-refractivity contribution is 7.80. The van der Waals surface area contributed by atoms with Crippen LogP contribution >= 0.6 is 12.2 Å². The van der Waals surface area contributed by atoms with Crippen LogP contribution in [0.15, 0.2) is 24.3 Å². The number of thiocarbonyl (C=S) groups is 1. The van der Waals surface area contributed by atoms with Gasteiger partial charge in [0, 0.05) is 44.2 Å². The van der Waals surface area contributed by atoms with Crippen LogP contribution in [0.4, 0.5) is 0 Å². The minimum absolute atomic E-state index is 0.206. The lowest BCUT2D eigenvalue weighted by Gasteiger charge is -2.38. The predicted molar refractivity (Wildman–Crippen MR) is 88.9 cm³/mol. The molecule has 0 bridgehead atoms. The van der Waals surface area contributed by atoms with Crippen LogP contribution < -0.4 is 10.5 Å². The minimum atomic E-state index is 0.206. The van der Waals surface area contributed by atoms with E-state index in [0.29, 0.717) is 10.9 Å². The van der Waals surface area contributed by atoms with E-state index < -0.39 is 0 Å². The smallest absolute Gasteiger partial charge is 0.122 e. The molecule has 0 aliphatic carbocycles. The van der Waals surface area contributed by atoms with E-state index in [-0.39, 0.29) is 6.04 Å². The third-order valence-corrected chi connectivity index (χ3v) is 4.98. The Balaban J connectivity index is 1.54. The fourth-order valence-corrected chi connectivity index (χ4v) is 3.35.